The number of imidazole rings is 1. The van der Waals surface area contributed by atoms with E-state index < -0.39 is 0 Å². The number of hydrogen-bond donors (Lipinski definition) is 0. The minimum Gasteiger partial charge on any atom is -0.334 e. The molecule has 146 valence electrons. The molecule has 2 aromatic carbocycles. The minimum absolute atomic E-state index is 0.124. The van der Waals surface area contributed by atoms with Crippen molar-refractivity contribution in [1.29, 1.82) is 0 Å². The summed E-state index contributed by atoms with van der Waals surface area (Å²) in [7, 11) is 0. The van der Waals surface area contributed by atoms with Crippen LogP contribution in [0.3, 0.4) is 0 Å². The minimum atomic E-state index is -0.341. The van der Waals surface area contributed by atoms with Gasteiger partial charge in [0.05, 0.1) is 11.0 Å². The predicted octanol–water partition coefficient (Wildman–Crippen LogP) is 3.57. The van der Waals surface area contributed by atoms with Crippen LogP contribution in [0.5, 0.6) is 0 Å². The highest BCUT2D eigenvalue weighted by molar-refractivity contribution is 5.78. The number of carbonyl (C=O) groups is 1. The summed E-state index contributed by atoms with van der Waals surface area (Å²) in [5, 5.41) is 0. The molecule has 0 fully saturated rings. The standard InChI is InChI=1S/C22H24FN3O2/c1-3-14-24(16-17-9-5-6-10-18(17)23)21(27)13-15-26-20-12-8-7-11-19(20)25(4-2)22(26)28/h3,5-12H,1,4,13-16H2,2H3. The van der Waals surface area contributed by atoms with Crippen LogP contribution in [0.2, 0.25) is 0 Å². The smallest absolute Gasteiger partial charge is 0.329 e. The van der Waals surface area contributed by atoms with Gasteiger partial charge in [0, 0.05) is 38.2 Å². The molecule has 3 aromatic rings. The lowest BCUT2D eigenvalue weighted by Gasteiger charge is -2.21. The summed E-state index contributed by atoms with van der Waals surface area (Å²) >= 11 is 0. The van der Waals surface area contributed by atoms with Crippen LogP contribution >= 0.6 is 0 Å². The lowest BCUT2D eigenvalue weighted by atomic mass is 10.2. The number of carbonyl (C=O) groups excluding carboxylic acids is 1. The van der Waals surface area contributed by atoms with E-state index in [1.54, 1.807) is 38.3 Å². The summed E-state index contributed by atoms with van der Waals surface area (Å²) in [6.45, 7) is 6.94. The van der Waals surface area contributed by atoms with Crippen LogP contribution in [0.25, 0.3) is 11.0 Å². The molecule has 6 heteroatoms. The molecule has 0 atom stereocenters. The van der Waals surface area contributed by atoms with Gasteiger partial charge in [0.2, 0.25) is 5.91 Å². The van der Waals surface area contributed by atoms with E-state index >= 15 is 0 Å². The average Bonchev–Trinajstić information content (AvgIpc) is 2.98. The van der Waals surface area contributed by atoms with Crippen LogP contribution in [-0.4, -0.2) is 26.5 Å². The lowest BCUT2D eigenvalue weighted by molar-refractivity contribution is -0.131. The Morgan fingerprint density at radius 1 is 1.11 bits per heavy atom. The van der Waals surface area contributed by atoms with Gasteiger partial charge in [-0.05, 0) is 25.1 Å². The Morgan fingerprint density at radius 2 is 1.75 bits per heavy atom. The fourth-order valence-electron chi connectivity index (χ4n) is 3.40. The van der Waals surface area contributed by atoms with Crippen molar-refractivity contribution in [3.63, 3.8) is 0 Å². The van der Waals surface area contributed by atoms with E-state index in [9.17, 15) is 14.0 Å². The summed E-state index contributed by atoms with van der Waals surface area (Å²) < 4.78 is 17.3. The van der Waals surface area contributed by atoms with Crippen molar-refractivity contribution >= 4 is 16.9 Å². The summed E-state index contributed by atoms with van der Waals surface area (Å²) in [6.07, 6.45) is 1.77. The second-order valence-electron chi connectivity index (χ2n) is 6.57. The molecule has 0 saturated heterocycles. The largest absolute Gasteiger partial charge is 0.334 e. The van der Waals surface area contributed by atoms with E-state index in [1.165, 1.54) is 6.07 Å². The van der Waals surface area contributed by atoms with E-state index in [-0.39, 0.29) is 36.9 Å². The van der Waals surface area contributed by atoms with Gasteiger partial charge in [-0.25, -0.2) is 9.18 Å². The Balaban J connectivity index is 1.79. The average molecular weight is 381 g/mol. The van der Waals surface area contributed by atoms with Crippen molar-refractivity contribution in [2.45, 2.75) is 33.0 Å². The van der Waals surface area contributed by atoms with E-state index in [0.717, 1.165) is 11.0 Å². The topological polar surface area (TPSA) is 47.2 Å². The summed E-state index contributed by atoms with van der Waals surface area (Å²) in [4.78, 5) is 27.0. The fraction of sp³-hybridized carbons (Fsp3) is 0.273. The van der Waals surface area contributed by atoms with Gasteiger partial charge in [0.15, 0.2) is 0 Å². The molecule has 3 rings (SSSR count). The maximum atomic E-state index is 14.0. The SMILES string of the molecule is C=CCN(Cc1ccccc1F)C(=O)CCn1c(=O)n(CC)c2ccccc21. The summed E-state index contributed by atoms with van der Waals surface area (Å²) in [5.74, 6) is -0.491. The van der Waals surface area contributed by atoms with Gasteiger partial charge in [0.25, 0.3) is 0 Å². The maximum absolute atomic E-state index is 14.0. The molecule has 1 amide bonds. The highest BCUT2D eigenvalue weighted by atomic mass is 19.1. The molecule has 0 spiro atoms. The molecule has 0 N–H and O–H groups in total. The molecule has 0 aliphatic heterocycles. The maximum Gasteiger partial charge on any atom is 0.329 e. The van der Waals surface area contributed by atoms with Crippen LogP contribution in [0.1, 0.15) is 18.9 Å². The molecule has 28 heavy (non-hydrogen) atoms. The van der Waals surface area contributed by atoms with Gasteiger partial charge in [-0.3, -0.25) is 13.9 Å². The molecule has 0 aliphatic rings. The molecule has 0 bridgehead atoms. The fourth-order valence-corrected chi connectivity index (χ4v) is 3.40. The number of aromatic nitrogens is 2. The Kier molecular flexibility index (Phi) is 6.09. The van der Waals surface area contributed by atoms with Gasteiger partial charge >= 0.3 is 5.69 Å². The number of fused-ring (bicyclic) bond motifs is 1. The Hall–Kier alpha value is -3.15. The molecule has 5 nitrogen and oxygen atoms in total. The summed E-state index contributed by atoms with van der Waals surface area (Å²) in [5.41, 5.74) is 2.00. The van der Waals surface area contributed by atoms with Crippen LogP contribution in [0.15, 0.2) is 66.0 Å². The molecule has 0 unspecified atom stereocenters. The van der Waals surface area contributed by atoms with Crippen LogP contribution in [0.4, 0.5) is 4.39 Å². The van der Waals surface area contributed by atoms with Crippen molar-refractivity contribution in [1.82, 2.24) is 14.0 Å². The van der Waals surface area contributed by atoms with E-state index in [4.69, 9.17) is 0 Å². The third-order valence-corrected chi connectivity index (χ3v) is 4.81. The highest BCUT2D eigenvalue weighted by Gasteiger charge is 2.17. The predicted molar refractivity (Wildman–Crippen MR) is 109 cm³/mol. The third-order valence-electron chi connectivity index (χ3n) is 4.81. The molecular formula is C22H24FN3O2. The van der Waals surface area contributed by atoms with Crippen molar-refractivity contribution in [2.24, 2.45) is 0 Å². The highest BCUT2D eigenvalue weighted by Crippen LogP contribution is 2.15. The van der Waals surface area contributed by atoms with E-state index in [1.807, 2.05) is 31.2 Å². The van der Waals surface area contributed by atoms with Crippen molar-refractivity contribution < 1.29 is 9.18 Å². The van der Waals surface area contributed by atoms with Crippen LogP contribution < -0.4 is 5.69 Å². The number of aryl methyl sites for hydroxylation is 2. The number of amides is 1. The van der Waals surface area contributed by atoms with E-state index in [2.05, 4.69) is 6.58 Å². The first-order valence-corrected chi connectivity index (χ1v) is 9.37. The first-order chi connectivity index (χ1) is 13.6. The zero-order valence-electron chi connectivity index (χ0n) is 16.0. The van der Waals surface area contributed by atoms with Crippen LogP contribution in [0, 0.1) is 5.82 Å². The van der Waals surface area contributed by atoms with Crippen molar-refractivity contribution in [2.75, 3.05) is 6.54 Å². The van der Waals surface area contributed by atoms with Gasteiger partial charge in [-0.15, -0.1) is 6.58 Å². The summed E-state index contributed by atoms with van der Waals surface area (Å²) in [6, 6.07) is 14.0. The molecule has 1 heterocycles. The molecule has 0 aliphatic carbocycles. The first kappa shape index (κ1) is 19.6. The first-order valence-electron chi connectivity index (χ1n) is 9.37. The normalized spacial score (nSPS) is 10.9. The van der Waals surface area contributed by atoms with Crippen molar-refractivity contribution in [3.05, 3.63) is 83.1 Å². The molecule has 0 radical (unpaired) electrons. The molecule has 1 aromatic heterocycles. The number of benzene rings is 2. The Morgan fingerprint density at radius 3 is 2.39 bits per heavy atom. The monoisotopic (exact) mass is 381 g/mol. The molecular weight excluding hydrogens is 357 g/mol. The second kappa shape index (κ2) is 8.69. The lowest BCUT2D eigenvalue weighted by Crippen LogP contribution is -2.33. The quantitative estimate of drug-likeness (QED) is 0.560. The van der Waals surface area contributed by atoms with Gasteiger partial charge in [-0.1, -0.05) is 36.4 Å². The number of hydrogen-bond acceptors (Lipinski definition) is 2. The zero-order valence-corrected chi connectivity index (χ0v) is 16.0. The van der Waals surface area contributed by atoms with E-state index in [0.29, 0.717) is 18.7 Å². The Bertz CT molecular complexity index is 1050. The van der Waals surface area contributed by atoms with Gasteiger partial charge < -0.3 is 4.90 Å². The number of nitrogens with zero attached hydrogens (tertiary/aromatic N) is 3. The number of rotatable bonds is 8. The van der Waals surface area contributed by atoms with Crippen molar-refractivity contribution in [3.8, 4) is 0 Å². The Labute approximate surface area is 163 Å². The third kappa shape index (κ3) is 3.91. The van der Waals surface area contributed by atoms with Gasteiger partial charge in [0.1, 0.15) is 5.82 Å². The van der Waals surface area contributed by atoms with Crippen LogP contribution in [-0.2, 0) is 24.4 Å². The molecule has 0 saturated carbocycles. The second-order valence-corrected chi connectivity index (χ2v) is 6.57. The van der Waals surface area contributed by atoms with Gasteiger partial charge in [-0.2, -0.15) is 0 Å². The number of halogens is 1. The zero-order chi connectivity index (χ0) is 20.1. The number of para-hydroxylation sites is 2.